The Morgan fingerprint density at radius 2 is 2.08 bits per heavy atom. The summed E-state index contributed by atoms with van der Waals surface area (Å²) in [6, 6.07) is 11.0. The SMILES string of the molecule is Cc1ccc(N2C[C@H](NC(=O)NCc3ccccn3)CC2=O)cc1C. The Hall–Kier alpha value is -2.89. The second kappa shape index (κ2) is 7.34. The van der Waals surface area contributed by atoms with Crippen molar-refractivity contribution < 1.29 is 9.59 Å². The number of rotatable bonds is 4. The van der Waals surface area contributed by atoms with Crippen LogP contribution in [0.25, 0.3) is 0 Å². The van der Waals surface area contributed by atoms with Crippen molar-refractivity contribution in [3.8, 4) is 0 Å². The average molecular weight is 338 g/mol. The van der Waals surface area contributed by atoms with Gasteiger partial charge in [0.05, 0.1) is 18.3 Å². The maximum atomic E-state index is 12.3. The number of carbonyl (C=O) groups is 2. The fraction of sp³-hybridized carbons (Fsp3) is 0.316. The smallest absolute Gasteiger partial charge is 0.315 e. The molecule has 0 unspecified atom stereocenters. The second-order valence-electron chi connectivity index (χ2n) is 6.32. The Labute approximate surface area is 147 Å². The molecule has 0 radical (unpaired) electrons. The van der Waals surface area contributed by atoms with Crippen molar-refractivity contribution in [1.82, 2.24) is 15.6 Å². The first-order chi connectivity index (χ1) is 12.0. The molecule has 1 aromatic heterocycles. The molecule has 6 nitrogen and oxygen atoms in total. The van der Waals surface area contributed by atoms with Crippen LogP contribution in [-0.2, 0) is 11.3 Å². The van der Waals surface area contributed by atoms with E-state index in [0.29, 0.717) is 19.5 Å². The molecular weight excluding hydrogens is 316 g/mol. The summed E-state index contributed by atoms with van der Waals surface area (Å²) in [5.41, 5.74) is 4.01. The number of nitrogens with zero attached hydrogens (tertiary/aromatic N) is 2. The molecule has 1 aliphatic rings. The summed E-state index contributed by atoms with van der Waals surface area (Å²) in [5, 5.41) is 5.63. The Kier molecular flexibility index (Phi) is 4.97. The number of amides is 3. The minimum absolute atomic E-state index is 0.0262. The molecule has 3 amide bonds. The van der Waals surface area contributed by atoms with Crippen LogP contribution in [0.3, 0.4) is 0 Å². The third-order valence-electron chi connectivity index (χ3n) is 4.42. The lowest BCUT2D eigenvalue weighted by atomic mass is 10.1. The standard InChI is InChI=1S/C19H22N4O2/c1-13-6-7-17(9-14(13)2)23-12-16(10-18(23)24)22-19(25)21-11-15-5-3-4-8-20-15/h3-9,16H,10-12H2,1-2H3,(H2,21,22,25)/t16-/m1/s1. The van der Waals surface area contributed by atoms with E-state index in [0.717, 1.165) is 16.9 Å². The molecule has 1 fully saturated rings. The quantitative estimate of drug-likeness (QED) is 0.898. The summed E-state index contributed by atoms with van der Waals surface area (Å²) in [6.45, 7) is 4.91. The number of benzene rings is 1. The van der Waals surface area contributed by atoms with Crippen molar-refractivity contribution in [3.05, 3.63) is 59.4 Å². The molecule has 2 aromatic rings. The minimum Gasteiger partial charge on any atom is -0.333 e. The van der Waals surface area contributed by atoms with E-state index in [4.69, 9.17) is 0 Å². The summed E-state index contributed by atoms with van der Waals surface area (Å²) < 4.78 is 0. The van der Waals surface area contributed by atoms with Gasteiger partial charge in [-0.3, -0.25) is 9.78 Å². The molecule has 1 aliphatic heterocycles. The molecule has 6 heteroatoms. The highest BCUT2D eigenvalue weighted by molar-refractivity contribution is 5.96. The van der Waals surface area contributed by atoms with E-state index in [-0.39, 0.29) is 18.0 Å². The van der Waals surface area contributed by atoms with Gasteiger partial charge < -0.3 is 15.5 Å². The largest absolute Gasteiger partial charge is 0.333 e. The first kappa shape index (κ1) is 17.0. The van der Waals surface area contributed by atoms with Crippen molar-refractivity contribution >= 4 is 17.6 Å². The van der Waals surface area contributed by atoms with Crippen LogP contribution in [0.2, 0.25) is 0 Å². The van der Waals surface area contributed by atoms with Crippen LogP contribution in [0.15, 0.2) is 42.6 Å². The van der Waals surface area contributed by atoms with Gasteiger partial charge >= 0.3 is 6.03 Å². The number of pyridine rings is 1. The lowest BCUT2D eigenvalue weighted by molar-refractivity contribution is -0.117. The van der Waals surface area contributed by atoms with Crippen LogP contribution in [0, 0.1) is 13.8 Å². The van der Waals surface area contributed by atoms with E-state index in [1.165, 1.54) is 5.56 Å². The second-order valence-corrected chi connectivity index (χ2v) is 6.32. The number of urea groups is 1. The topological polar surface area (TPSA) is 74.3 Å². The Balaban J connectivity index is 1.55. The summed E-state index contributed by atoms with van der Waals surface area (Å²) in [7, 11) is 0. The van der Waals surface area contributed by atoms with Gasteiger partial charge in [0, 0.05) is 24.8 Å². The fourth-order valence-corrected chi connectivity index (χ4v) is 2.86. The normalized spacial score (nSPS) is 16.8. The third-order valence-corrected chi connectivity index (χ3v) is 4.42. The van der Waals surface area contributed by atoms with Gasteiger partial charge in [-0.05, 0) is 49.2 Å². The molecule has 0 aliphatic carbocycles. The first-order valence-corrected chi connectivity index (χ1v) is 8.35. The number of hydrogen-bond acceptors (Lipinski definition) is 3. The third kappa shape index (κ3) is 4.15. The Morgan fingerprint density at radius 3 is 2.80 bits per heavy atom. The number of anilines is 1. The highest BCUT2D eigenvalue weighted by atomic mass is 16.2. The maximum absolute atomic E-state index is 12.3. The van der Waals surface area contributed by atoms with Crippen molar-refractivity contribution in [2.24, 2.45) is 0 Å². The lowest BCUT2D eigenvalue weighted by Crippen LogP contribution is -2.43. The van der Waals surface area contributed by atoms with Gasteiger partial charge in [0.15, 0.2) is 0 Å². The van der Waals surface area contributed by atoms with Crippen LogP contribution >= 0.6 is 0 Å². The van der Waals surface area contributed by atoms with Crippen molar-refractivity contribution in [3.63, 3.8) is 0 Å². The predicted octanol–water partition coefficient (Wildman–Crippen LogP) is 2.30. The average Bonchev–Trinajstić information content (AvgIpc) is 2.96. The highest BCUT2D eigenvalue weighted by Crippen LogP contribution is 2.24. The van der Waals surface area contributed by atoms with E-state index < -0.39 is 0 Å². The number of carbonyl (C=O) groups excluding carboxylic acids is 2. The van der Waals surface area contributed by atoms with Gasteiger partial charge in [-0.25, -0.2) is 4.79 Å². The molecule has 3 rings (SSSR count). The molecule has 1 atom stereocenters. The molecule has 0 spiro atoms. The Bertz CT molecular complexity index is 776. The van der Waals surface area contributed by atoms with Crippen LogP contribution in [0.5, 0.6) is 0 Å². The van der Waals surface area contributed by atoms with E-state index in [1.807, 2.05) is 50.2 Å². The molecule has 25 heavy (non-hydrogen) atoms. The van der Waals surface area contributed by atoms with Crippen LogP contribution in [-0.4, -0.2) is 29.5 Å². The van der Waals surface area contributed by atoms with Gasteiger partial charge in [-0.15, -0.1) is 0 Å². The summed E-state index contributed by atoms with van der Waals surface area (Å²) >= 11 is 0. The Morgan fingerprint density at radius 1 is 1.24 bits per heavy atom. The molecular formula is C19H22N4O2. The molecule has 1 saturated heterocycles. The van der Waals surface area contributed by atoms with Crippen LogP contribution in [0.1, 0.15) is 23.2 Å². The lowest BCUT2D eigenvalue weighted by Gasteiger charge is -2.18. The van der Waals surface area contributed by atoms with E-state index in [2.05, 4.69) is 15.6 Å². The zero-order valence-corrected chi connectivity index (χ0v) is 14.5. The van der Waals surface area contributed by atoms with Gasteiger partial charge in [0.25, 0.3) is 0 Å². The van der Waals surface area contributed by atoms with Crippen LogP contribution in [0.4, 0.5) is 10.5 Å². The molecule has 0 bridgehead atoms. The fourth-order valence-electron chi connectivity index (χ4n) is 2.86. The minimum atomic E-state index is -0.287. The molecule has 2 N–H and O–H groups in total. The van der Waals surface area contributed by atoms with E-state index in [9.17, 15) is 9.59 Å². The number of nitrogens with one attached hydrogen (secondary N) is 2. The molecule has 130 valence electrons. The van der Waals surface area contributed by atoms with Gasteiger partial charge in [-0.2, -0.15) is 0 Å². The maximum Gasteiger partial charge on any atom is 0.315 e. The number of hydrogen-bond donors (Lipinski definition) is 2. The zero-order valence-electron chi connectivity index (χ0n) is 14.5. The molecule has 2 heterocycles. The van der Waals surface area contributed by atoms with Gasteiger partial charge in [-0.1, -0.05) is 12.1 Å². The van der Waals surface area contributed by atoms with Gasteiger partial charge in [0.2, 0.25) is 5.91 Å². The van der Waals surface area contributed by atoms with E-state index >= 15 is 0 Å². The van der Waals surface area contributed by atoms with Crippen LogP contribution < -0.4 is 15.5 Å². The first-order valence-electron chi connectivity index (χ1n) is 8.35. The van der Waals surface area contributed by atoms with Crippen molar-refractivity contribution in [2.45, 2.75) is 32.9 Å². The number of aromatic nitrogens is 1. The zero-order chi connectivity index (χ0) is 17.8. The van der Waals surface area contributed by atoms with Gasteiger partial charge in [0.1, 0.15) is 0 Å². The molecule has 0 saturated carbocycles. The van der Waals surface area contributed by atoms with E-state index in [1.54, 1.807) is 11.1 Å². The predicted molar refractivity (Wildman–Crippen MR) is 96.3 cm³/mol. The highest BCUT2D eigenvalue weighted by Gasteiger charge is 2.31. The molecule has 1 aromatic carbocycles. The van der Waals surface area contributed by atoms with Crippen molar-refractivity contribution in [1.29, 1.82) is 0 Å². The summed E-state index contributed by atoms with van der Waals surface area (Å²) in [6.07, 6.45) is 2.00. The number of aryl methyl sites for hydroxylation is 2. The summed E-state index contributed by atoms with van der Waals surface area (Å²) in [5.74, 6) is 0.0262. The summed E-state index contributed by atoms with van der Waals surface area (Å²) in [4.78, 5) is 30.2. The van der Waals surface area contributed by atoms with Crippen molar-refractivity contribution in [2.75, 3.05) is 11.4 Å². The monoisotopic (exact) mass is 338 g/mol.